The molecule has 0 radical (unpaired) electrons. The lowest BCUT2D eigenvalue weighted by atomic mass is 10.1. The normalized spacial score (nSPS) is 13.3. The lowest BCUT2D eigenvalue weighted by molar-refractivity contribution is -0.156. The third-order valence-corrected chi connectivity index (χ3v) is 3.66. The Kier molecular flexibility index (Phi) is 15.5. The van der Waals surface area contributed by atoms with Crippen molar-refractivity contribution >= 4 is 11.9 Å². The van der Waals surface area contributed by atoms with Crippen LogP contribution >= 0.6 is 0 Å². The van der Waals surface area contributed by atoms with Gasteiger partial charge in [0.05, 0.1) is 40.6 Å². The number of rotatable bonds is 16. The van der Waals surface area contributed by atoms with Gasteiger partial charge in [0.15, 0.2) is 12.2 Å². The molecule has 0 aromatic rings. The molecule has 0 bridgehead atoms. The molecule has 0 N–H and O–H groups in total. The van der Waals surface area contributed by atoms with Crippen molar-refractivity contribution in [1.29, 1.82) is 0 Å². The highest BCUT2D eigenvalue weighted by molar-refractivity contribution is 5.74. The maximum Gasteiger partial charge on any atom is 0.334 e. The van der Waals surface area contributed by atoms with Crippen molar-refractivity contribution in [2.24, 2.45) is 0 Å². The summed E-state index contributed by atoms with van der Waals surface area (Å²) in [6.07, 6.45) is 4.00. The minimum atomic E-state index is -0.539. The van der Waals surface area contributed by atoms with Crippen molar-refractivity contribution in [3.05, 3.63) is 0 Å². The molecule has 0 aliphatic rings. The number of carbonyl (C=O) groups excluding carboxylic acids is 2. The fraction of sp³-hybridized carbons (Fsp3) is 0.889. The van der Waals surface area contributed by atoms with Gasteiger partial charge < -0.3 is 23.7 Å². The molecule has 0 heterocycles. The Balaban J connectivity index is 3.87. The molecule has 0 saturated carbocycles. The Morgan fingerprint density at radius 3 is 1.44 bits per heavy atom. The van der Waals surface area contributed by atoms with Gasteiger partial charge in [-0.25, -0.2) is 9.59 Å². The summed E-state index contributed by atoms with van der Waals surface area (Å²) in [4.78, 5) is 23.2. The highest BCUT2D eigenvalue weighted by atomic mass is 16.6. The maximum atomic E-state index is 11.6. The van der Waals surface area contributed by atoms with E-state index in [0.717, 1.165) is 25.7 Å². The zero-order valence-electron chi connectivity index (χ0n) is 16.1. The van der Waals surface area contributed by atoms with Gasteiger partial charge >= 0.3 is 11.9 Å². The molecule has 0 fully saturated rings. The second-order valence-electron chi connectivity index (χ2n) is 5.66. The third kappa shape index (κ3) is 11.9. The van der Waals surface area contributed by atoms with E-state index in [0.29, 0.717) is 39.3 Å². The largest absolute Gasteiger partial charge is 0.467 e. The van der Waals surface area contributed by atoms with Gasteiger partial charge in [-0.05, 0) is 12.8 Å². The van der Waals surface area contributed by atoms with Crippen LogP contribution in [-0.4, -0.2) is 64.8 Å². The van der Waals surface area contributed by atoms with Crippen molar-refractivity contribution in [2.75, 3.05) is 40.6 Å². The molecule has 25 heavy (non-hydrogen) atoms. The topological polar surface area (TPSA) is 80.3 Å². The van der Waals surface area contributed by atoms with E-state index < -0.39 is 12.2 Å². The van der Waals surface area contributed by atoms with E-state index in [1.54, 1.807) is 0 Å². The summed E-state index contributed by atoms with van der Waals surface area (Å²) in [6, 6.07) is 0. The molecule has 7 heteroatoms. The van der Waals surface area contributed by atoms with Gasteiger partial charge in [0, 0.05) is 0 Å². The predicted octanol–water partition coefficient (Wildman–Crippen LogP) is 2.50. The summed E-state index contributed by atoms with van der Waals surface area (Å²) < 4.78 is 25.9. The van der Waals surface area contributed by atoms with Crippen LogP contribution in [0.5, 0.6) is 0 Å². The van der Waals surface area contributed by atoms with Crippen LogP contribution < -0.4 is 0 Å². The number of esters is 2. The Morgan fingerprint density at radius 2 is 1.12 bits per heavy atom. The number of ether oxygens (including phenoxy) is 5. The van der Waals surface area contributed by atoms with E-state index in [1.807, 2.05) is 0 Å². The molecule has 0 aliphatic heterocycles. The van der Waals surface area contributed by atoms with Gasteiger partial charge in [-0.1, -0.05) is 39.5 Å². The molecule has 0 spiro atoms. The zero-order chi connectivity index (χ0) is 18.9. The minimum Gasteiger partial charge on any atom is -0.467 e. The molecule has 0 aliphatic carbocycles. The Bertz CT molecular complexity index is 314. The van der Waals surface area contributed by atoms with Crippen molar-refractivity contribution < 1.29 is 33.3 Å². The van der Waals surface area contributed by atoms with Crippen LogP contribution in [-0.2, 0) is 33.3 Å². The molecule has 0 aromatic carbocycles. The van der Waals surface area contributed by atoms with Crippen molar-refractivity contribution in [1.82, 2.24) is 0 Å². The Hall–Kier alpha value is -1.18. The maximum absolute atomic E-state index is 11.6. The van der Waals surface area contributed by atoms with E-state index in [1.165, 1.54) is 14.2 Å². The lowest BCUT2D eigenvalue weighted by Gasteiger charge is -2.16. The molecule has 148 valence electrons. The summed E-state index contributed by atoms with van der Waals surface area (Å²) in [7, 11) is 2.71. The second-order valence-corrected chi connectivity index (χ2v) is 5.66. The minimum absolute atomic E-state index is 0.305. The van der Waals surface area contributed by atoms with Gasteiger partial charge in [0.25, 0.3) is 0 Å². The summed E-state index contributed by atoms with van der Waals surface area (Å²) in [5, 5.41) is 0. The molecule has 0 saturated heterocycles. The predicted molar refractivity (Wildman–Crippen MR) is 93.4 cm³/mol. The van der Waals surface area contributed by atoms with Gasteiger partial charge in [0.1, 0.15) is 0 Å². The van der Waals surface area contributed by atoms with Crippen LogP contribution in [0.15, 0.2) is 0 Å². The van der Waals surface area contributed by atoms with E-state index in [-0.39, 0.29) is 11.9 Å². The molecular formula is C18H34O7. The molecule has 0 amide bonds. The van der Waals surface area contributed by atoms with Crippen molar-refractivity contribution in [3.8, 4) is 0 Å². The molecule has 0 rings (SSSR count). The number of carbonyl (C=O) groups is 2. The summed E-state index contributed by atoms with van der Waals surface area (Å²) in [5.41, 5.74) is 0. The summed E-state index contributed by atoms with van der Waals surface area (Å²) >= 11 is 0. The average molecular weight is 362 g/mol. The van der Waals surface area contributed by atoms with Gasteiger partial charge in [-0.15, -0.1) is 0 Å². The van der Waals surface area contributed by atoms with Crippen LogP contribution in [0.25, 0.3) is 0 Å². The highest BCUT2D eigenvalue weighted by Crippen LogP contribution is 2.08. The Labute approximate surface area is 151 Å². The number of methoxy groups -OCH3 is 2. The second kappa shape index (κ2) is 16.3. The fourth-order valence-electron chi connectivity index (χ4n) is 2.18. The van der Waals surface area contributed by atoms with Gasteiger partial charge in [-0.2, -0.15) is 0 Å². The summed E-state index contributed by atoms with van der Waals surface area (Å²) in [5.74, 6) is -0.706. The average Bonchev–Trinajstić information content (AvgIpc) is 2.64. The molecule has 7 nitrogen and oxygen atoms in total. The monoisotopic (exact) mass is 362 g/mol. The quantitative estimate of drug-likeness (QED) is 0.308. The van der Waals surface area contributed by atoms with E-state index in [2.05, 4.69) is 13.8 Å². The zero-order valence-corrected chi connectivity index (χ0v) is 16.1. The molecule has 2 unspecified atom stereocenters. The number of unbranched alkanes of at least 4 members (excludes halogenated alkanes) is 2. The van der Waals surface area contributed by atoms with E-state index in [4.69, 9.17) is 23.7 Å². The first-order chi connectivity index (χ1) is 12.1. The van der Waals surface area contributed by atoms with Crippen LogP contribution in [0.2, 0.25) is 0 Å². The van der Waals surface area contributed by atoms with Gasteiger partial charge in [0.2, 0.25) is 0 Å². The first-order valence-electron chi connectivity index (χ1n) is 9.07. The standard InChI is InChI=1S/C18H34O7/c1-5-7-9-15(17(19)21-3)24-13-11-23-12-14-25-16(10-8-6-2)18(20)22-4/h15-16H,5-14H2,1-4H3. The first-order valence-corrected chi connectivity index (χ1v) is 9.07. The smallest absolute Gasteiger partial charge is 0.334 e. The lowest BCUT2D eigenvalue weighted by Crippen LogP contribution is -2.28. The Morgan fingerprint density at radius 1 is 0.720 bits per heavy atom. The van der Waals surface area contributed by atoms with Crippen LogP contribution in [0.1, 0.15) is 52.4 Å². The fourth-order valence-corrected chi connectivity index (χ4v) is 2.18. The molecule has 0 aromatic heterocycles. The van der Waals surface area contributed by atoms with Crippen LogP contribution in [0.3, 0.4) is 0 Å². The van der Waals surface area contributed by atoms with Crippen molar-refractivity contribution in [3.63, 3.8) is 0 Å². The SMILES string of the molecule is CCCCC(OCCOCCOC(CCCC)C(=O)OC)C(=O)OC. The van der Waals surface area contributed by atoms with Gasteiger partial charge in [-0.3, -0.25) is 0 Å². The number of hydrogen-bond donors (Lipinski definition) is 0. The number of hydrogen-bond acceptors (Lipinski definition) is 7. The van der Waals surface area contributed by atoms with Crippen LogP contribution in [0, 0.1) is 0 Å². The first kappa shape index (κ1) is 23.8. The highest BCUT2D eigenvalue weighted by Gasteiger charge is 2.20. The van der Waals surface area contributed by atoms with E-state index in [9.17, 15) is 9.59 Å². The molecular weight excluding hydrogens is 328 g/mol. The molecule has 2 atom stereocenters. The summed E-state index contributed by atoms with van der Waals surface area (Å²) in [6.45, 7) is 5.42. The van der Waals surface area contributed by atoms with Crippen LogP contribution in [0.4, 0.5) is 0 Å². The van der Waals surface area contributed by atoms with E-state index >= 15 is 0 Å². The third-order valence-electron chi connectivity index (χ3n) is 3.66. The van der Waals surface area contributed by atoms with Crippen molar-refractivity contribution in [2.45, 2.75) is 64.6 Å².